The third kappa shape index (κ3) is 8.03. The van der Waals surface area contributed by atoms with Crippen LogP contribution in [0.25, 0.3) is 0 Å². The summed E-state index contributed by atoms with van der Waals surface area (Å²) in [6, 6.07) is 10.0. The number of benzene rings is 2. The van der Waals surface area contributed by atoms with E-state index in [9.17, 15) is 18.3 Å². The van der Waals surface area contributed by atoms with Gasteiger partial charge in [-0.1, -0.05) is 26.3 Å². The Bertz CT molecular complexity index is 1030. The van der Waals surface area contributed by atoms with E-state index >= 15 is 0 Å². The Hall–Kier alpha value is -2.82. The number of rotatable bonds is 12. The van der Waals surface area contributed by atoms with Gasteiger partial charge in [-0.15, -0.1) is 12.4 Å². The first-order chi connectivity index (χ1) is 14.6. The van der Waals surface area contributed by atoms with Crippen molar-refractivity contribution in [2.24, 2.45) is 5.73 Å². The predicted octanol–water partition coefficient (Wildman–Crippen LogP) is 1.90. The molecule has 0 amide bonds. The van der Waals surface area contributed by atoms with Crippen LogP contribution in [-0.2, 0) is 21.4 Å². The lowest BCUT2D eigenvalue weighted by atomic mass is 10.0. The first-order valence-corrected chi connectivity index (χ1v) is 11.5. The van der Waals surface area contributed by atoms with E-state index in [4.69, 9.17) is 11.1 Å². The van der Waals surface area contributed by atoms with Crippen LogP contribution in [0.3, 0.4) is 0 Å². The minimum absolute atomic E-state index is 0. The van der Waals surface area contributed by atoms with Crippen molar-refractivity contribution in [2.75, 3.05) is 16.6 Å². The molecule has 11 heteroatoms. The van der Waals surface area contributed by atoms with Crippen molar-refractivity contribution < 1.29 is 18.3 Å². The molecule has 0 spiro atoms. The minimum Gasteiger partial charge on any atom is -0.548 e. The molecule has 0 bridgehead atoms. The molecule has 2 aromatic carbocycles. The lowest BCUT2D eigenvalue weighted by Gasteiger charge is -2.23. The molecule has 32 heavy (non-hydrogen) atoms. The van der Waals surface area contributed by atoms with E-state index in [1.54, 1.807) is 36.4 Å². The number of halogens is 1. The Morgan fingerprint density at radius 3 is 2.31 bits per heavy atom. The smallest absolute Gasteiger partial charge is 0.299 e. The van der Waals surface area contributed by atoms with E-state index in [-0.39, 0.29) is 23.9 Å². The molecule has 0 aromatic heterocycles. The summed E-state index contributed by atoms with van der Waals surface area (Å²) in [5.74, 6) is -1.46. The highest BCUT2D eigenvalue weighted by atomic mass is 35.5. The van der Waals surface area contributed by atoms with Crippen molar-refractivity contribution in [1.29, 1.82) is 5.41 Å². The fourth-order valence-corrected chi connectivity index (χ4v) is 3.83. The number of carboxylic acids is 1. The summed E-state index contributed by atoms with van der Waals surface area (Å²) in [5, 5.41) is 22.2. The Labute approximate surface area is 194 Å². The summed E-state index contributed by atoms with van der Waals surface area (Å²) < 4.78 is 29.5. The maximum Gasteiger partial charge on any atom is 0.299 e. The Balaban J connectivity index is 0.00000512. The average Bonchev–Trinajstić information content (AvgIpc) is 2.71. The van der Waals surface area contributed by atoms with Crippen LogP contribution in [0.15, 0.2) is 42.5 Å². The van der Waals surface area contributed by atoms with Crippen LogP contribution >= 0.6 is 12.4 Å². The maximum atomic E-state index is 12.3. The zero-order valence-electron chi connectivity index (χ0n) is 18.0. The minimum atomic E-state index is -3.78. The highest BCUT2D eigenvalue weighted by Gasteiger charge is 2.17. The molecule has 0 radical (unpaired) electrons. The average molecular weight is 483 g/mol. The third-order valence-corrected chi connectivity index (χ3v) is 5.66. The number of nitrogen functional groups attached to an aromatic ring is 1. The number of carbonyl (C=O) groups excluding carboxylic acids is 1. The number of carboxylic acid groups (broad SMARTS) is 1. The predicted molar refractivity (Wildman–Crippen MR) is 127 cm³/mol. The lowest BCUT2D eigenvalue weighted by Crippen LogP contribution is -2.34. The third-order valence-electron chi connectivity index (χ3n) is 4.57. The van der Waals surface area contributed by atoms with Crippen molar-refractivity contribution in [3.05, 3.63) is 59.2 Å². The Kier molecular flexibility index (Phi) is 10.4. The van der Waals surface area contributed by atoms with Gasteiger partial charge in [-0.25, -0.2) is 0 Å². The zero-order valence-corrected chi connectivity index (χ0v) is 19.6. The van der Waals surface area contributed by atoms with Crippen LogP contribution < -0.4 is 25.6 Å². The topological polar surface area (TPSA) is 160 Å². The zero-order chi connectivity index (χ0) is 23.0. The Morgan fingerprint density at radius 1 is 1.12 bits per heavy atom. The Morgan fingerprint density at radius 2 is 1.78 bits per heavy atom. The second-order valence-electron chi connectivity index (χ2n) is 7.06. The molecule has 0 heterocycles. The second kappa shape index (κ2) is 12.3. The number of unbranched alkanes of at least 4 members (excludes halogenated alkanes) is 1. The van der Waals surface area contributed by atoms with Gasteiger partial charge in [0.25, 0.3) is 10.2 Å². The highest BCUT2D eigenvalue weighted by Crippen LogP contribution is 2.25. The first-order valence-electron chi connectivity index (χ1n) is 9.98. The number of nitrogens with two attached hydrogens (primary N) is 1. The number of amidine groups is 1. The molecule has 1 unspecified atom stereocenters. The van der Waals surface area contributed by atoms with E-state index < -0.39 is 22.2 Å². The number of anilines is 2. The van der Waals surface area contributed by atoms with Gasteiger partial charge in [0.1, 0.15) is 5.84 Å². The van der Waals surface area contributed by atoms with E-state index in [1.165, 1.54) is 6.07 Å². The molecule has 9 nitrogen and oxygen atoms in total. The molecule has 6 N–H and O–H groups in total. The molecule has 2 aromatic rings. The van der Waals surface area contributed by atoms with Crippen LogP contribution in [-0.4, -0.2) is 26.8 Å². The summed E-state index contributed by atoms with van der Waals surface area (Å²) in [5.41, 5.74) is 7.82. The monoisotopic (exact) mass is 482 g/mol. The molecule has 0 saturated carbocycles. The molecule has 0 aliphatic heterocycles. The number of nitrogens with one attached hydrogen (secondary N) is 4. The normalized spacial score (nSPS) is 11.8. The SMILES string of the molecule is CCCCNS(=O)(=O)Nc1cc(CC)cc(C(Nc2ccc(C(=N)N)cc2)C(=O)[O-])c1.Cl. The van der Waals surface area contributed by atoms with Crippen LogP contribution in [0, 0.1) is 5.41 Å². The van der Waals surface area contributed by atoms with E-state index in [1.807, 2.05) is 13.8 Å². The van der Waals surface area contributed by atoms with Crippen molar-refractivity contribution in [3.8, 4) is 0 Å². The van der Waals surface area contributed by atoms with Crippen LogP contribution in [0.4, 0.5) is 11.4 Å². The molecule has 2 rings (SSSR count). The molecule has 0 saturated heterocycles. The van der Waals surface area contributed by atoms with Crippen molar-refractivity contribution in [3.63, 3.8) is 0 Å². The van der Waals surface area contributed by atoms with Gasteiger partial charge >= 0.3 is 0 Å². The maximum absolute atomic E-state index is 12.3. The number of carbonyl (C=O) groups is 1. The second-order valence-corrected chi connectivity index (χ2v) is 8.56. The van der Waals surface area contributed by atoms with Gasteiger partial charge in [-0.3, -0.25) is 10.1 Å². The van der Waals surface area contributed by atoms with Gasteiger partial charge < -0.3 is 21.0 Å². The van der Waals surface area contributed by atoms with Crippen molar-refractivity contribution in [1.82, 2.24) is 4.72 Å². The quantitative estimate of drug-likeness (QED) is 0.176. The van der Waals surface area contributed by atoms with E-state index in [0.29, 0.717) is 36.2 Å². The lowest BCUT2D eigenvalue weighted by molar-refractivity contribution is -0.307. The van der Waals surface area contributed by atoms with Crippen LogP contribution in [0.1, 0.15) is 49.4 Å². The molecule has 1 atom stereocenters. The summed E-state index contributed by atoms with van der Waals surface area (Å²) in [6.45, 7) is 4.16. The van der Waals surface area contributed by atoms with Gasteiger partial charge in [0.15, 0.2) is 0 Å². The number of aryl methyl sites for hydroxylation is 1. The molecule has 0 aliphatic rings. The molecule has 176 valence electrons. The molecular weight excluding hydrogens is 454 g/mol. The van der Waals surface area contributed by atoms with Gasteiger partial charge in [0, 0.05) is 17.8 Å². The van der Waals surface area contributed by atoms with Crippen LogP contribution in [0.5, 0.6) is 0 Å². The van der Waals surface area contributed by atoms with Crippen molar-refractivity contribution in [2.45, 2.75) is 39.2 Å². The standard InChI is InChI=1S/C21H29N5O4S.ClH/c1-3-5-10-24-31(29,30)26-18-12-14(4-2)11-16(13-18)19(21(27)28)25-17-8-6-15(7-9-17)20(22)23;/h6-9,11-13,19,24-26H,3-5,10H2,1-2H3,(H3,22,23)(H,27,28);1H/p-1. The fourth-order valence-electron chi connectivity index (χ4n) is 2.91. The summed E-state index contributed by atoms with van der Waals surface area (Å²) in [7, 11) is -3.78. The fraction of sp³-hybridized carbons (Fsp3) is 0.333. The molecule has 0 aliphatic carbocycles. The highest BCUT2D eigenvalue weighted by molar-refractivity contribution is 7.90. The largest absolute Gasteiger partial charge is 0.548 e. The van der Waals surface area contributed by atoms with E-state index in [0.717, 1.165) is 12.0 Å². The molecule has 0 fully saturated rings. The summed E-state index contributed by atoms with van der Waals surface area (Å²) in [6.07, 6.45) is 2.14. The first kappa shape index (κ1) is 27.2. The van der Waals surface area contributed by atoms with Crippen LogP contribution in [0.2, 0.25) is 0 Å². The van der Waals surface area contributed by atoms with Gasteiger partial charge in [-0.05, 0) is 60.4 Å². The molecular formula is C21H29ClN5O4S-. The summed E-state index contributed by atoms with van der Waals surface area (Å²) in [4.78, 5) is 11.9. The van der Waals surface area contributed by atoms with Gasteiger partial charge in [0.05, 0.1) is 17.7 Å². The van der Waals surface area contributed by atoms with Gasteiger partial charge in [0.2, 0.25) is 0 Å². The summed E-state index contributed by atoms with van der Waals surface area (Å²) >= 11 is 0. The van der Waals surface area contributed by atoms with Gasteiger partial charge in [-0.2, -0.15) is 13.1 Å². The number of hydrogen-bond donors (Lipinski definition) is 5. The number of aliphatic carboxylic acids is 1. The van der Waals surface area contributed by atoms with E-state index in [2.05, 4.69) is 14.8 Å². The number of hydrogen-bond acceptors (Lipinski definition) is 6. The van der Waals surface area contributed by atoms with Crippen molar-refractivity contribution >= 4 is 45.8 Å².